The molecule has 0 bridgehead atoms. The van der Waals surface area contributed by atoms with Gasteiger partial charge in [0.05, 0.1) is 17.4 Å². The number of aromatic nitrogens is 2. The van der Waals surface area contributed by atoms with Crippen LogP contribution in [0.3, 0.4) is 0 Å². The Kier molecular flexibility index (Phi) is 7.23. The van der Waals surface area contributed by atoms with Crippen molar-refractivity contribution in [2.24, 2.45) is 5.92 Å². The van der Waals surface area contributed by atoms with E-state index in [1.165, 1.54) is 11.3 Å². The molecule has 0 saturated carbocycles. The minimum absolute atomic E-state index is 0.105. The van der Waals surface area contributed by atoms with E-state index in [0.29, 0.717) is 29.0 Å². The lowest BCUT2D eigenvalue weighted by Crippen LogP contribution is -2.39. The number of benzene rings is 1. The summed E-state index contributed by atoms with van der Waals surface area (Å²) in [6.45, 7) is 6.96. The highest BCUT2D eigenvalue weighted by Crippen LogP contribution is 2.35. The van der Waals surface area contributed by atoms with Crippen LogP contribution in [0.1, 0.15) is 34.9 Å². The van der Waals surface area contributed by atoms with Crippen molar-refractivity contribution in [1.82, 2.24) is 15.3 Å². The molecule has 1 atom stereocenters. The van der Waals surface area contributed by atoms with Gasteiger partial charge >= 0.3 is 0 Å². The number of nitrogens with zero attached hydrogens (tertiary/aromatic N) is 2. The third kappa shape index (κ3) is 4.88. The van der Waals surface area contributed by atoms with Gasteiger partial charge in [0, 0.05) is 25.4 Å². The molecule has 160 valence electrons. The van der Waals surface area contributed by atoms with E-state index < -0.39 is 0 Å². The lowest BCUT2D eigenvalue weighted by atomic mass is 10.0. The molecule has 2 heterocycles. The number of amides is 1. The summed E-state index contributed by atoms with van der Waals surface area (Å²) in [5.74, 6) is 1.22. The maximum Gasteiger partial charge on any atom is 0.261 e. The number of nitrogens with one attached hydrogen (secondary N) is 2. The van der Waals surface area contributed by atoms with Gasteiger partial charge in [0.25, 0.3) is 5.91 Å². The number of fused-ring (bicyclic) bond motifs is 1. The van der Waals surface area contributed by atoms with E-state index in [1.807, 2.05) is 37.3 Å². The van der Waals surface area contributed by atoms with Gasteiger partial charge in [-0.15, -0.1) is 11.3 Å². The standard InChI is InChI=1S/C22H28N4O3S/c1-13(2)16(24-15-9-7-6-8-10-15)11-23-20(27)19-14(3)18-21(29-5)25-17(12-28-4)26-22(18)30-19/h6-10,13,16,24H,11-12H2,1-5H3,(H,23,27). The van der Waals surface area contributed by atoms with Crippen LogP contribution in [-0.4, -0.2) is 42.7 Å². The van der Waals surface area contributed by atoms with E-state index in [2.05, 4.69) is 34.4 Å². The Morgan fingerprint density at radius 3 is 2.53 bits per heavy atom. The maximum atomic E-state index is 13.0. The van der Waals surface area contributed by atoms with Crippen LogP contribution in [0.5, 0.6) is 5.88 Å². The molecule has 0 aliphatic rings. The average Bonchev–Trinajstić information content (AvgIpc) is 3.07. The predicted octanol–water partition coefficient (Wildman–Crippen LogP) is 4.02. The number of ether oxygens (including phenoxy) is 2. The Hall–Kier alpha value is -2.71. The SMILES string of the molecule is COCc1nc(OC)c2c(C)c(C(=O)NCC(Nc3ccccc3)C(C)C)sc2n1. The van der Waals surface area contributed by atoms with Gasteiger partial charge in [0.15, 0.2) is 5.82 Å². The molecule has 0 fully saturated rings. The van der Waals surface area contributed by atoms with Gasteiger partial charge in [-0.2, -0.15) is 4.98 Å². The second-order valence-electron chi connectivity index (χ2n) is 7.39. The van der Waals surface area contributed by atoms with Crippen molar-refractivity contribution in [1.29, 1.82) is 0 Å². The van der Waals surface area contributed by atoms with Gasteiger partial charge in [0.2, 0.25) is 5.88 Å². The summed E-state index contributed by atoms with van der Waals surface area (Å²) >= 11 is 1.35. The first-order valence-corrected chi connectivity index (χ1v) is 10.7. The molecule has 3 aromatic rings. The highest BCUT2D eigenvalue weighted by atomic mass is 32.1. The second kappa shape index (κ2) is 9.86. The van der Waals surface area contributed by atoms with Crippen LogP contribution in [-0.2, 0) is 11.3 Å². The molecule has 7 nitrogen and oxygen atoms in total. The second-order valence-corrected chi connectivity index (χ2v) is 8.39. The lowest BCUT2D eigenvalue weighted by Gasteiger charge is -2.24. The first kappa shape index (κ1) is 22.0. The average molecular weight is 429 g/mol. The maximum absolute atomic E-state index is 13.0. The van der Waals surface area contributed by atoms with E-state index in [4.69, 9.17) is 9.47 Å². The van der Waals surface area contributed by atoms with Crippen molar-refractivity contribution < 1.29 is 14.3 Å². The van der Waals surface area contributed by atoms with Crippen LogP contribution in [0.25, 0.3) is 10.2 Å². The van der Waals surface area contributed by atoms with Crippen LogP contribution in [0.2, 0.25) is 0 Å². The summed E-state index contributed by atoms with van der Waals surface area (Å²) < 4.78 is 10.6. The lowest BCUT2D eigenvalue weighted by molar-refractivity contribution is 0.0954. The first-order chi connectivity index (χ1) is 14.4. The zero-order chi connectivity index (χ0) is 21.7. The van der Waals surface area contributed by atoms with Gasteiger partial charge in [-0.05, 0) is 30.5 Å². The van der Waals surface area contributed by atoms with Crippen molar-refractivity contribution in [3.63, 3.8) is 0 Å². The topological polar surface area (TPSA) is 85.4 Å². The summed E-state index contributed by atoms with van der Waals surface area (Å²) in [6.07, 6.45) is 0. The fourth-order valence-corrected chi connectivity index (χ4v) is 4.29. The molecule has 2 aromatic heterocycles. The highest BCUT2D eigenvalue weighted by molar-refractivity contribution is 7.20. The summed E-state index contributed by atoms with van der Waals surface area (Å²) in [5.41, 5.74) is 1.86. The van der Waals surface area contributed by atoms with Crippen molar-refractivity contribution >= 4 is 33.1 Å². The summed E-state index contributed by atoms with van der Waals surface area (Å²) in [7, 11) is 3.16. The fraction of sp³-hybridized carbons (Fsp3) is 0.409. The Labute approximate surface area is 180 Å². The summed E-state index contributed by atoms with van der Waals surface area (Å²) in [5, 5.41) is 7.35. The minimum Gasteiger partial charge on any atom is -0.480 e. The molecule has 1 amide bonds. The molecule has 0 aliphatic heterocycles. The summed E-state index contributed by atoms with van der Waals surface area (Å²) in [6, 6.07) is 10.1. The van der Waals surface area contributed by atoms with Crippen LogP contribution < -0.4 is 15.4 Å². The number of hydrogen-bond acceptors (Lipinski definition) is 7. The molecular weight excluding hydrogens is 400 g/mol. The quantitative estimate of drug-likeness (QED) is 0.535. The number of anilines is 1. The van der Waals surface area contributed by atoms with Crippen molar-refractivity contribution in [3.05, 3.63) is 46.6 Å². The Bertz CT molecular complexity index is 1000. The molecule has 8 heteroatoms. The number of carbonyl (C=O) groups is 1. The van der Waals surface area contributed by atoms with Crippen LogP contribution in [0.15, 0.2) is 30.3 Å². The molecule has 3 rings (SSSR count). The van der Waals surface area contributed by atoms with Gasteiger partial charge in [-0.25, -0.2) is 4.98 Å². The molecule has 2 N–H and O–H groups in total. The van der Waals surface area contributed by atoms with E-state index in [9.17, 15) is 4.79 Å². The molecule has 0 aliphatic carbocycles. The molecule has 0 saturated heterocycles. The minimum atomic E-state index is -0.119. The summed E-state index contributed by atoms with van der Waals surface area (Å²) in [4.78, 5) is 23.2. The van der Waals surface area contributed by atoms with E-state index >= 15 is 0 Å². The van der Waals surface area contributed by atoms with Crippen LogP contribution >= 0.6 is 11.3 Å². The number of thiophene rings is 1. The molecule has 1 aromatic carbocycles. The van der Waals surface area contributed by atoms with E-state index in [0.717, 1.165) is 21.5 Å². The van der Waals surface area contributed by atoms with Crippen LogP contribution in [0.4, 0.5) is 5.69 Å². The van der Waals surface area contributed by atoms with Crippen molar-refractivity contribution in [2.75, 3.05) is 26.1 Å². The van der Waals surface area contributed by atoms with Gasteiger partial charge in [-0.1, -0.05) is 32.0 Å². The number of hydrogen-bond donors (Lipinski definition) is 2. The Morgan fingerprint density at radius 1 is 1.17 bits per heavy atom. The molecular formula is C22H28N4O3S. The number of para-hydroxylation sites is 1. The number of methoxy groups -OCH3 is 2. The number of aryl methyl sites for hydroxylation is 1. The zero-order valence-electron chi connectivity index (χ0n) is 18.0. The van der Waals surface area contributed by atoms with Gasteiger partial charge in [0.1, 0.15) is 11.4 Å². The van der Waals surface area contributed by atoms with Crippen molar-refractivity contribution in [2.45, 2.75) is 33.4 Å². The molecule has 1 unspecified atom stereocenters. The van der Waals surface area contributed by atoms with Crippen LogP contribution in [0, 0.1) is 12.8 Å². The molecule has 0 spiro atoms. The van der Waals surface area contributed by atoms with Crippen molar-refractivity contribution in [3.8, 4) is 5.88 Å². The first-order valence-electron chi connectivity index (χ1n) is 9.87. The normalized spacial score (nSPS) is 12.2. The Balaban J connectivity index is 1.79. The Morgan fingerprint density at radius 2 is 1.90 bits per heavy atom. The molecule has 30 heavy (non-hydrogen) atoms. The zero-order valence-corrected chi connectivity index (χ0v) is 18.8. The van der Waals surface area contributed by atoms with E-state index in [1.54, 1.807) is 14.2 Å². The third-order valence-electron chi connectivity index (χ3n) is 4.89. The number of rotatable bonds is 9. The monoisotopic (exact) mass is 428 g/mol. The smallest absolute Gasteiger partial charge is 0.261 e. The van der Waals surface area contributed by atoms with Gasteiger partial charge in [-0.3, -0.25) is 4.79 Å². The third-order valence-corrected chi connectivity index (χ3v) is 6.07. The van der Waals surface area contributed by atoms with E-state index in [-0.39, 0.29) is 18.6 Å². The number of carbonyl (C=O) groups excluding carboxylic acids is 1. The van der Waals surface area contributed by atoms with Gasteiger partial charge < -0.3 is 20.1 Å². The highest BCUT2D eigenvalue weighted by Gasteiger charge is 2.22. The largest absolute Gasteiger partial charge is 0.480 e. The fourth-order valence-electron chi connectivity index (χ4n) is 3.19. The molecule has 0 radical (unpaired) electrons. The predicted molar refractivity (Wildman–Crippen MR) is 120 cm³/mol.